The van der Waals surface area contributed by atoms with Gasteiger partial charge in [-0.15, -0.1) is 0 Å². The van der Waals surface area contributed by atoms with Crippen LogP contribution in [0.1, 0.15) is 26.7 Å². The molecule has 3 heteroatoms. The standard InChI is InChI=1S/C8H19N.ClH.H3N/c1-5-8(2)6-7-9(3)4;;/h8H,5-7H2,1-4H3;1H;1H3. The molecule has 1 atom stereocenters. The quantitative estimate of drug-likeness (QED) is 0.506. The van der Waals surface area contributed by atoms with Crippen molar-refractivity contribution in [1.29, 1.82) is 0 Å². The lowest BCUT2D eigenvalue weighted by Gasteiger charge is -2.10. The van der Waals surface area contributed by atoms with Crippen LogP contribution in [-0.4, -0.2) is 20.6 Å². The molecule has 11 heavy (non-hydrogen) atoms. The van der Waals surface area contributed by atoms with Crippen molar-refractivity contribution in [1.82, 2.24) is 6.15 Å². The molecule has 0 aromatic carbocycles. The summed E-state index contributed by atoms with van der Waals surface area (Å²) in [7, 11) is 4.42. The second kappa shape index (κ2) is 10.2. The molecule has 4 N–H and O–H groups in total. The molecule has 0 heterocycles. The summed E-state index contributed by atoms with van der Waals surface area (Å²) in [5.41, 5.74) is 0. The van der Waals surface area contributed by atoms with Gasteiger partial charge < -0.3 is 23.5 Å². The van der Waals surface area contributed by atoms with Gasteiger partial charge in [-0.3, -0.25) is 0 Å². The zero-order chi connectivity index (χ0) is 7.28. The zero-order valence-corrected chi connectivity index (χ0v) is 9.04. The first-order valence-corrected chi connectivity index (χ1v) is 3.95. The average molecular weight is 183 g/mol. The molecule has 0 radical (unpaired) electrons. The molecule has 0 amide bonds. The van der Waals surface area contributed by atoms with E-state index in [1.165, 1.54) is 19.4 Å². The lowest BCUT2D eigenvalue weighted by Crippen LogP contribution is -3.05. The summed E-state index contributed by atoms with van der Waals surface area (Å²) in [5, 5.41) is 0. The van der Waals surface area contributed by atoms with E-state index in [1.54, 1.807) is 4.90 Å². The summed E-state index contributed by atoms with van der Waals surface area (Å²) in [6.45, 7) is 5.90. The molecule has 0 fully saturated rings. The SMILES string of the molecule is CCC(C)CC[NH+](C)C.N.[Cl-]. The highest BCUT2D eigenvalue weighted by Gasteiger charge is 1.99. The van der Waals surface area contributed by atoms with Gasteiger partial charge in [0.25, 0.3) is 0 Å². The van der Waals surface area contributed by atoms with Crippen molar-refractivity contribution < 1.29 is 17.3 Å². The number of hydrogen-bond donors (Lipinski definition) is 2. The van der Waals surface area contributed by atoms with E-state index in [2.05, 4.69) is 27.9 Å². The van der Waals surface area contributed by atoms with Crippen LogP contribution in [-0.2, 0) is 0 Å². The van der Waals surface area contributed by atoms with Crippen molar-refractivity contribution in [2.45, 2.75) is 26.7 Å². The van der Waals surface area contributed by atoms with E-state index in [0.29, 0.717) is 0 Å². The Morgan fingerprint density at radius 3 is 2.00 bits per heavy atom. The van der Waals surface area contributed by atoms with Crippen LogP contribution in [0.3, 0.4) is 0 Å². The predicted molar refractivity (Wildman–Crippen MR) is 46.8 cm³/mol. The van der Waals surface area contributed by atoms with Gasteiger partial charge in [0.15, 0.2) is 0 Å². The van der Waals surface area contributed by atoms with Crippen LogP contribution in [0, 0.1) is 5.92 Å². The molecule has 0 aromatic heterocycles. The molecule has 0 spiro atoms. The Hall–Kier alpha value is 0.210. The van der Waals surface area contributed by atoms with Gasteiger partial charge in [-0.2, -0.15) is 0 Å². The maximum Gasteiger partial charge on any atom is 0.0769 e. The van der Waals surface area contributed by atoms with Crippen LogP contribution in [0.25, 0.3) is 0 Å². The second-order valence-electron chi connectivity index (χ2n) is 3.26. The molecular formula is C8H23ClN2. The van der Waals surface area contributed by atoms with Gasteiger partial charge in [0, 0.05) is 0 Å². The molecule has 72 valence electrons. The molecule has 0 aliphatic carbocycles. The Labute approximate surface area is 77.3 Å². The fourth-order valence-corrected chi connectivity index (χ4v) is 0.739. The molecular weight excluding hydrogens is 160 g/mol. The Kier molecular flexibility index (Phi) is 16.1. The zero-order valence-electron chi connectivity index (χ0n) is 8.28. The Bertz CT molecular complexity index is 67.1. The van der Waals surface area contributed by atoms with Crippen LogP contribution in [0.2, 0.25) is 0 Å². The van der Waals surface area contributed by atoms with Crippen LogP contribution in [0.4, 0.5) is 0 Å². The third-order valence-electron chi connectivity index (χ3n) is 1.83. The lowest BCUT2D eigenvalue weighted by atomic mass is 10.1. The smallest absolute Gasteiger partial charge is 0.0769 e. The van der Waals surface area contributed by atoms with Gasteiger partial charge in [0.2, 0.25) is 0 Å². The van der Waals surface area contributed by atoms with Crippen molar-refractivity contribution in [3.05, 3.63) is 0 Å². The van der Waals surface area contributed by atoms with Gasteiger partial charge in [-0.1, -0.05) is 20.3 Å². The summed E-state index contributed by atoms with van der Waals surface area (Å²) < 4.78 is 0. The first-order valence-electron chi connectivity index (χ1n) is 3.95. The number of nitrogens with one attached hydrogen (secondary N) is 1. The highest BCUT2D eigenvalue weighted by molar-refractivity contribution is 4.46. The van der Waals surface area contributed by atoms with E-state index in [1.807, 2.05) is 0 Å². The molecule has 0 aliphatic heterocycles. The van der Waals surface area contributed by atoms with E-state index in [0.717, 1.165) is 5.92 Å². The minimum Gasteiger partial charge on any atom is -1.00 e. The second-order valence-corrected chi connectivity index (χ2v) is 3.26. The first kappa shape index (κ1) is 17.3. The number of hydrogen-bond acceptors (Lipinski definition) is 1. The summed E-state index contributed by atoms with van der Waals surface area (Å²) in [5.74, 6) is 0.917. The number of rotatable bonds is 4. The Morgan fingerprint density at radius 2 is 1.73 bits per heavy atom. The van der Waals surface area contributed by atoms with Crippen molar-refractivity contribution >= 4 is 0 Å². The van der Waals surface area contributed by atoms with Gasteiger partial charge >= 0.3 is 0 Å². The van der Waals surface area contributed by atoms with Crippen LogP contribution < -0.4 is 23.5 Å². The maximum atomic E-state index is 2.32. The van der Waals surface area contributed by atoms with Gasteiger partial charge in [0.1, 0.15) is 0 Å². The first-order chi connectivity index (χ1) is 4.16. The van der Waals surface area contributed by atoms with Crippen LogP contribution in [0.5, 0.6) is 0 Å². The Balaban J connectivity index is -0.000000320. The largest absolute Gasteiger partial charge is 1.00 e. The molecule has 0 rings (SSSR count). The molecule has 0 aromatic rings. The molecule has 1 unspecified atom stereocenters. The van der Waals surface area contributed by atoms with Crippen LogP contribution >= 0.6 is 0 Å². The minimum atomic E-state index is 0. The highest BCUT2D eigenvalue weighted by Crippen LogP contribution is 2.02. The molecule has 2 nitrogen and oxygen atoms in total. The van der Waals surface area contributed by atoms with Gasteiger partial charge in [-0.25, -0.2) is 0 Å². The summed E-state index contributed by atoms with van der Waals surface area (Å²) in [6.07, 6.45) is 2.70. The minimum absolute atomic E-state index is 0. The fraction of sp³-hybridized carbons (Fsp3) is 1.00. The molecule has 0 saturated carbocycles. The highest BCUT2D eigenvalue weighted by atomic mass is 35.5. The molecule has 0 bridgehead atoms. The number of halogens is 1. The molecule has 0 aliphatic rings. The lowest BCUT2D eigenvalue weighted by molar-refractivity contribution is -0.858. The topological polar surface area (TPSA) is 39.4 Å². The van der Waals surface area contributed by atoms with Crippen molar-refractivity contribution in [3.63, 3.8) is 0 Å². The Morgan fingerprint density at radius 1 is 1.27 bits per heavy atom. The third kappa shape index (κ3) is 13.2. The van der Waals surface area contributed by atoms with Crippen molar-refractivity contribution in [2.24, 2.45) is 5.92 Å². The summed E-state index contributed by atoms with van der Waals surface area (Å²) in [6, 6.07) is 0. The third-order valence-corrected chi connectivity index (χ3v) is 1.83. The van der Waals surface area contributed by atoms with E-state index in [-0.39, 0.29) is 18.6 Å². The maximum absolute atomic E-state index is 2.32. The summed E-state index contributed by atoms with van der Waals surface area (Å²) in [4.78, 5) is 1.57. The van der Waals surface area contributed by atoms with Crippen molar-refractivity contribution in [2.75, 3.05) is 20.6 Å². The van der Waals surface area contributed by atoms with Crippen LogP contribution in [0.15, 0.2) is 0 Å². The van der Waals surface area contributed by atoms with E-state index < -0.39 is 0 Å². The normalized spacial score (nSPS) is 11.7. The van der Waals surface area contributed by atoms with Gasteiger partial charge in [-0.05, 0) is 12.3 Å². The number of quaternary nitrogens is 1. The predicted octanol–water partition coefficient (Wildman–Crippen LogP) is -2.27. The van der Waals surface area contributed by atoms with Crippen molar-refractivity contribution in [3.8, 4) is 0 Å². The summed E-state index contributed by atoms with van der Waals surface area (Å²) >= 11 is 0. The fourth-order valence-electron chi connectivity index (χ4n) is 0.739. The average Bonchev–Trinajstić information content (AvgIpc) is 1.83. The van der Waals surface area contributed by atoms with E-state index in [9.17, 15) is 0 Å². The van der Waals surface area contributed by atoms with E-state index in [4.69, 9.17) is 0 Å². The molecule has 0 saturated heterocycles. The van der Waals surface area contributed by atoms with Gasteiger partial charge in [0.05, 0.1) is 20.6 Å². The van der Waals surface area contributed by atoms with E-state index >= 15 is 0 Å². The monoisotopic (exact) mass is 182 g/mol.